The van der Waals surface area contributed by atoms with Crippen LogP contribution in [0, 0.1) is 0 Å². The number of carbonyl (C=O) groups excluding carboxylic acids is 3. The quantitative estimate of drug-likeness (QED) is 0.0609. The average Bonchev–Trinajstić information content (AvgIpc) is 2.81. The highest BCUT2D eigenvalue weighted by Crippen LogP contribution is 2.24. The SMILES string of the molecule is C=CC(=O)OCCCC[N+](C)(C)CC(=O)NCCCC[Si](C)(C)O[Si](C)(C)CCCCNC(=O)C[N+](C)(C)CC. The zero-order valence-electron chi connectivity index (χ0n) is 27.3. The number of ether oxygens (including phenoxy) is 1. The number of hydrogen-bond acceptors (Lipinski definition) is 5. The first-order chi connectivity index (χ1) is 18.4. The molecule has 0 aromatic heterocycles. The number of hydrogen-bond donors (Lipinski definition) is 2. The van der Waals surface area contributed by atoms with Gasteiger partial charge >= 0.3 is 5.97 Å². The lowest BCUT2D eigenvalue weighted by Crippen LogP contribution is -2.48. The van der Waals surface area contributed by atoms with E-state index in [0.717, 1.165) is 70.2 Å². The molecule has 2 amide bonds. The number of rotatable bonds is 23. The summed E-state index contributed by atoms with van der Waals surface area (Å²) >= 11 is 0. The number of nitrogens with one attached hydrogen (secondary N) is 2. The van der Waals surface area contributed by atoms with E-state index in [1.165, 1.54) is 6.08 Å². The molecule has 0 radical (unpaired) electrons. The van der Waals surface area contributed by atoms with E-state index < -0.39 is 22.6 Å². The van der Waals surface area contributed by atoms with Crippen LogP contribution in [0.5, 0.6) is 0 Å². The Labute approximate surface area is 247 Å². The summed E-state index contributed by atoms with van der Waals surface area (Å²) in [7, 11) is 4.74. The van der Waals surface area contributed by atoms with Crippen LogP contribution in [0.3, 0.4) is 0 Å². The van der Waals surface area contributed by atoms with Gasteiger partial charge in [0.05, 0.1) is 47.9 Å². The largest absolute Gasteiger partial charge is 0.463 e. The summed E-state index contributed by atoms with van der Waals surface area (Å²) in [6.07, 6.45) is 6.93. The molecule has 0 unspecified atom stereocenters. The number of unbranched alkanes of at least 4 members (excludes halogenated alkanes) is 3. The van der Waals surface area contributed by atoms with E-state index in [1.54, 1.807) is 0 Å². The van der Waals surface area contributed by atoms with Crippen molar-refractivity contribution >= 4 is 34.4 Å². The zero-order valence-corrected chi connectivity index (χ0v) is 29.3. The summed E-state index contributed by atoms with van der Waals surface area (Å²) in [4.78, 5) is 35.6. The van der Waals surface area contributed by atoms with Crippen molar-refractivity contribution in [2.45, 2.75) is 83.7 Å². The van der Waals surface area contributed by atoms with Gasteiger partial charge in [-0.05, 0) is 70.9 Å². The molecule has 0 heterocycles. The van der Waals surface area contributed by atoms with E-state index in [1.807, 2.05) is 0 Å². The highest BCUT2D eigenvalue weighted by atomic mass is 28.4. The van der Waals surface area contributed by atoms with Gasteiger partial charge in [-0.3, -0.25) is 9.59 Å². The van der Waals surface area contributed by atoms with Crippen LogP contribution < -0.4 is 10.6 Å². The molecule has 0 aromatic rings. The van der Waals surface area contributed by atoms with Crippen LogP contribution in [0.2, 0.25) is 38.3 Å². The topological polar surface area (TPSA) is 93.7 Å². The van der Waals surface area contributed by atoms with Crippen molar-refractivity contribution in [1.29, 1.82) is 0 Å². The lowest BCUT2D eigenvalue weighted by atomic mass is 10.2. The first kappa shape index (κ1) is 38.5. The minimum atomic E-state index is -1.77. The Bertz CT molecular complexity index is 788. The van der Waals surface area contributed by atoms with Gasteiger partial charge in [0, 0.05) is 19.2 Å². The Morgan fingerprint density at radius 1 is 0.750 bits per heavy atom. The normalized spacial score (nSPS) is 12.6. The molecule has 0 aliphatic rings. The van der Waals surface area contributed by atoms with Crippen LogP contribution in [-0.2, 0) is 23.2 Å². The molecule has 9 nitrogen and oxygen atoms in total. The zero-order chi connectivity index (χ0) is 30.9. The van der Waals surface area contributed by atoms with Gasteiger partial charge < -0.3 is 28.5 Å². The first-order valence-corrected chi connectivity index (χ1v) is 21.3. The third-order valence-electron chi connectivity index (χ3n) is 7.18. The maximum atomic E-state index is 12.4. The predicted molar refractivity (Wildman–Crippen MR) is 170 cm³/mol. The molecule has 0 bridgehead atoms. The molecule has 0 fully saturated rings. The number of esters is 1. The van der Waals surface area contributed by atoms with Crippen molar-refractivity contribution in [3.63, 3.8) is 0 Å². The molecule has 0 aliphatic carbocycles. The van der Waals surface area contributed by atoms with Crippen LogP contribution in [0.25, 0.3) is 0 Å². The van der Waals surface area contributed by atoms with Gasteiger partial charge in [-0.15, -0.1) is 0 Å². The van der Waals surface area contributed by atoms with Crippen molar-refractivity contribution in [2.24, 2.45) is 0 Å². The van der Waals surface area contributed by atoms with E-state index >= 15 is 0 Å². The van der Waals surface area contributed by atoms with Crippen molar-refractivity contribution in [1.82, 2.24) is 10.6 Å². The van der Waals surface area contributed by atoms with E-state index in [2.05, 4.69) is 78.5 Å². The van der Waals surface area contributed by atoms with E-state index in [9.17, 15) is 14.4 Å². The molecule has 0 aromatic carbocycles. The Morgan fingerprint density at radius 2 is 1.23 bits per heavy atom. The fourth-order valence-corrected chi connectivity index (χ4v) is 13.6. The van der Waals surface area contributed by atoms with Gasteiger partial charge in [-0.25, -0.2) is 4.79 Å². The second-order valence-electron chi connectivity index (χ2n) is 13.5. The summed E-state index contributed by atoms with van der Waals surface area (Å²) in [5.74, 6) is -0.182. The molecule has 0 spiro atoms. The maximum Gasteiger partial charge on any atom is 0.330 e. The number of amides is 2. The third kappa shape index (κ3) is 21.2. The van der Waals surface area contributed by atoms with Crippen molar-refractivity contribution in [3.05, 3.63) is 12.7 Å². The Balaban J connectivity index is 4.11. The summed E-state index contributed by atoms with van der Waals surface area (Å²) in [6, 6.07) is 2.21. The molecule has 0 saturated heterocycles. The monoisotopic (exact) mass is 602 g/mol. The Hall–Kier alpha value is -1.54. The molecule has 0 atom stereocenters. The van der Waals surface area contributed by atoms with E-state index in [4.69, 9.17) is 8.85 Å². The van der Waals surface area contributed by atoms with Crippen molar-refractivity contribution in [3.8, 4) is 0 Å². The van der Waals surface area contributed by atoms with Crippen LogP contribution in [0.4, 0.5) is 0 Å². The standard InChI is InChI=1S/C29H60N4O5Si2/c1-11-29(36)37-22-16-15-21-33(5,6)26-28(35)31-20-14-18-24-40(9,10)38-39(7,8)23-17-13-19-30-27(34)25-32(3,4)12-2/h11H,1,12-26H2,2-10H3/p+2. The minimum Gasteiger partial charge on any atom is -0.463 e. The van der Waals surface area contributed by atoms with Gasteiger partial charge in [0.15, 0.2) is 29.7 Å². The molecular formula is C29H62N4O5Si2+2. The van der Waals surface area contributed by atoms with E-state index in [0.29, 0.717) is 35.2 Å². The highest BCUT2D eigenvalue weighted by molar-refractivity contribution is 6.84. The van der Waals surface area contributed by atoms with Gasteiger partial charge in [-0.2, -0.15) is 0 Å². The number of carbonyl (C=O) groups is 3. The summed E-state index contributed by atoms with van der Waals surface area (Å²) in [5.41, 5.74) is 0. The molecule has 0 rings (SSSR count). The molecule has 2 N–H and O–H groups in total. The smallest absolute Gasteiger partial charge is 0.330 e. The summed E-state index contributed by atoms with van der Waals surface area (Å²) in [5, 5.41) is 6.14. The van der Waals surface area contributed by atoms with Crippen LogP contribution >= 0.6 is 0 Å². The second kappa shape index (κ2) is 18.8. The highest BCUT2D eigenvalue weighted by Gasteiger charge is 2.32. The third-order valence-corrected chi connectivity index (χ3v) is 14.7. The van der Waals surface area contributed by atoms with Crippen LogP contribution in [0.1, 0.15) is 45.4 Å². The molecule has 234 valence electrons. The van der Waals surface area contributed by atoms with Gasteiger partial charge in [0.25, 0.3) is 11.8 Å². The molecule has 0 saturated carbocycles. The maximum absolute atomic E-state index is 12.4. The van der Waals surface area contributed by atoms with Crippen molar-refractivity contribution in [2.75, 3.05) is 74.1 Å². The molecule has 40 heavy (non-hydrogen) atoms. The molecule has 0 aliphatic heterocycles. The molecular weight excluding hydrogens is 541 g/mol. The first-order valence-electron chi connectivity index (χ1n) is 15.1. The van der Waals surface area contributed by atoms with Crippen molar-refractivity contribution < 1.29 is 32.2 Å². The van der Waals surface area contributed by atoms with Gasteiger partial charge in [0.2, 0.25) is 0 Å². The Kier molecular flexibility index (Phi) is 18.1. The average molecular weight is 603 g/mol. The van der Waals surface area contributed by atoms with Crippen LogP contribution in [-0.4, -0.2) is 117 Å². The predicted octanol–water partition coefficient (Wildman–Crippen LogP) is 3.89. The van der Waals surface area contributed by atoms with Crippen LogP contribution in [0.15, 0.2) is 12.7 Å². The number of quaternary nitrogens is 2. The summed E-state index contributed by atoms with van der Waals surface area (Å²) < 4.78 is 13.1. The summed E-state index contributed by atoms with van der Waals surface area (Å²) in [6.45, 7) is 19.3. The fourth-order valence-electron chi connectivity index (χ4n) is 4.61. The minimum absolute atomic E-state index is 0.0775. The number of likely N-dealkylation sites (N-methyl/N-ethyl adjacent to an activating group) is 2. The Morgan fingerprint density at radius 3 is 1.68 bits per heavy atom. The number of nitrogens with zero attached hydrogens (tertiary/aromatic N) is 2. The second-order valence-corrected chi connectivity index (χ2v) is 22.4. The lowest BCUT2D eigenvalue weighted by molar-refractivity contribution is -0.882. The lowest BCUT2D eigenvalue weighted by Gasteiger charge is -2.34. The fraction of sp³-hybridized carbons (Fsp3) is 0.828. The van der Waals surface area contributed by atoms with Gasteiger partial charge in [-0.1, -0.05) is 19.4 Å². The van der Waals surface area contributed by atoms with Gasteiger partial charge in [0.1, 0.15) is 0 Å². The molecule has 11 heteroatoms. The van der Waals surface area contributed by atoms with E-state index in [-0.39, 0.29) is 11.8 Å².